The van der Waals surface area contributed by atoms with E-state index in [2.05, 4.69) is 20.3 Å². The first kappa shape index (κ1) is 21.1. The second-order valence-electron chi connectivity index (χ2n) is 6.91. The SMILES string of the molecule is O=C(CCCNS(=O)c1ccc2c(c1)CCCC(=O)N2)NCCc1ccccn1. The number of rotatable bonds is 9. The smallest absolute Gasteiger partial charge is 0.224 e. The summed E-state index contributed by atoms with van der Waals surface area (Å²) in [6, 6.07) is 11.2. The van der Waals surface area contributed by atoms with Gasteiger partial charge < -0.3 is 10.6 Å². The van der Waals surface area contributed by atoms with Gasteiger partial charge in [-0.15, -0.1) is 0 Å². The molecule has 1 atom stereocenters. The van der Waals surface area contributed by atoms with Crippen LogP contribution in [0.1, 0.15) is 36.9 Å². The van der Waals surface area contributed by atoms with Crippen LogP contribution in [0.4, 0.5) is 5.69 Å². The van der Waals surface area contributed by atoms with Crippen molar-refractivity contribution in [3.63, 3.8) is 0 Å². The second kappa shape index (κ2) is 10.8. The summed E-state index contributed by atoms with van der Waals surface area (Å²) in [5.74, 6) is 0.00309. The van der Waals surface area contributed by atoms with E-state index >= 15 is 0 Å². The molecule has 1 aromatic heterocycles. The third kappa shape index (κ3) is 6.76. The van der Waals surface area contributed by atoms with E-state index in [1.807, 2.05) is 30.3 Å². The summed E-state index contributed by atoms with van der Waals surface area (Å²) in [4.78, 5) is 28.4. The molecule has 7 nitrogen and oxygen atoms in total. The minimum absolute atomic E-state index is 0.0192. The van der Waals surface area contributed by atoms with E-state index in [0.29, 0.717) is 43.7 Å². The van der Waals surface area contributed by atoms with Crippen LogP contribution < -0.4 is 15.4 Å². The minimum Gasteiger partial charge on any atom is -0.356 e. The first-order chi connectivity index (χ1) is 14.1. The van der Waals surface area contributed by atoms with E-state index in [0.717, 1.165) is 29.8 Å². The number of carbonyl (C=O) groups excluding carboxylic acids is 2. The van der Waals surface area contributed by atoms with Crippen molar-refractivity contribution in [3.8, 4) is 0 Å². The normalized spacial score (nSPS) is 14.4. The molecule has 0 saturated carbocycles. The molecule has 1 unspecified atom stereocenters. The minimum atomic E-state index is -1.34. The monoisotopic (exact) mass is 414 g/mol. The number of pyridine rings is 1. The molecule has 0 saturated heterocycles. The molecule has 8 heteroatoms. The summed E-state index contributed by atoms with van der Waals surface area (Å²) < 4.78 is 15.4. The van der Waals surface area contributed by atoms with Gasteiger partial charge in [-0.05, 0) is 55.2 Å². The van der Waals surface area contributed by atoms with Crippen molar-refractivity contribution >= 4 is 28.5 Å². The molecule has 3 rings (SSSR count). The standard InChI is InChI=1S/C21H26N4O3S/c26-20(23-14-11-17-6-1-2-12-22-17)8-4-13-24-29(28)18-9-10-19-16(15-18)5-3-7-21(27)25-19/h1-2,6,9-10,12,15,24H,3-5,7-8,11,13-14H2,(H,23,26)(H,25,27). The maximum Gasteiger partial charge on any atom is 0.224 e. The number of anilines is 1. The van der Waals surface area contributed by atoms with E-state index in [-0.39, 0.29) is 11.8 Å². The van der Waals surface area contributed by atoms with Crippen LogP contribution in [0.25, 0.3) is 0 Å². The lowest BCUT2D eigenvalue weighted by Crippen LogP contribution is -2.27. The molecule has 0 aliphatic carbocycles. The molecule has 2 aromatic rings. The Kier molecular flexibility index (Phi) is 7.89. The lowest BCUT2D eigenvalue weighted by molar-refractivity contribution is -0.121. The van der Waals surface area contributed by atoms with E-state index < -0.39 is 11.0 Å². The number of carbonyl (C=O) groups is 2. The second-order valence-corrected chi connectivity index (χ2v) is 8.21. The topological polar surface area (TPSA) is 100 Å². The first-order valence-electron chi connectivity index (χ1n) is 9.86. The Balaban J connectivity index is 1.36. The van der Waals surface area contributed by atoms with E-state index in [4.69, 9.17) is 0 Å². The zero-order chi connectivity index (χ0) is 20.5. The van der Waals surface area contributed by atoms with Gasteiger partial charge in [0.25, 0.3) is 0 Å². The molecule has 0 bridgehead atoms. The van der Waals surface area contributed by atoms with Gasteiger partial charge in [0.1, 0.15) is 11.0 Å². The van der Waals surface area contributed by atoms with E-state index in [9.17, 15) is 13.8 Å². The maximum atomic E-state index is 12.5. The van der Waals surface area contributed by atoms with Gasteiger partial charge in [0, 0.05) is 49.9 Å². The van der Waals surface area contributed by atoms with Crippen LogP contribution in [0.3, 0.4) is 0 Å². The fourth-order valence-electron chi connectivity index (χ4n) is 3.13. The van der Waals surface area contributed by atoms with E-state index in [1.54, 1.807) is 12.3 Å². The Morgan fingerprint density at radius 1 is 1.17 bits per heavy atom. The fraction of sp³-hybridized carbons (Fsp3) is 0.381. The highest BCUT2D eigenvalue weighted by Crippen LogP contribution is 2.24. The predicted octanol–water partition coefficient (Wildman–Crippen LogP) is 2.11. The quantitative estimate of drug-likeness (QED) is 0.547. The van der Waals surface area contributed by atoms with Crippen LogP contribution in [0.2, 0.25) is 0 Å². The molecular formula is C21H26N4O3S. The van der Waals surface area contributed by atoms with Crippen LogP contribution in [0.5, 0.6) is 0 Å². The molecule has 1 aromatic carbocycles. The molecular weight excluding hydrogens is 388 g/mol. The molecule has 0 fully saturated rings. The zero-order valence-corrected chi connectivity index (χ0v) is 17.1. The number of aryl methyl sites for hydroxylation is 1. The Bertz CT molecular complexity index is 873. The highest BCUT2D eigenvalue weighted by molar-refractivity contribution is 7.83. The number of nitrogens with one attached hydrogen (secondary N) is 3. The van der Waals surface area contributed by atoms with Crippen LogP contribution in [-0.4, -0.2) is 34.1 Å². The largest absolute Gasteiger partial charge is 0.356 e. The highest BCUT2D eigenvalue weighted by atomic mass is 32.2. The number of nitrogens with zero attached hydrogens (tertiary/aromatic N) is 1. The van der Waals surface area contributed by atoms with Crippen molar-refractivity contribution in [1.29, 1.82) is 0 Å². The highest BCUT2D eigenvalue weighted by Gasteiger charge is 2.14. The molecule has 154 valence electrons. The van der Waals surface area contributed by atoms with Crippen molar-refractivity contribution in [2.75, 3.05) is 18.4 Å². The van der Waals surface area contributed by atoms with Crippen molar-refractivity contribution in [1.82, 2.24) is 15.0 Å². The van der Waals surface area contributed by atoms with Crippen LogP contribution in [0.15, 0.2) is 47.5 Å². The lowest BCUT2D eigenvalue weighted by Gasteiger charge is -2.10. The molecule has 2 heterocycles. The Hall–Kier alpha value is -2.58. The van der Waals surface area contributed by atoms with Gasteiger partial charge in [-0.2, -0.15) is 0 Å². The molecule has 0 radical (unpaired) electrons. The Labute approximate surface area is 173 Å². The summed E-state index contributed by atoms with van der Waals surface area (Å²) >= 11 is 0. The van der Waals surface area contributed by atoms with Gasteiger partial charge in [0.2, 0.25) is 11.8 Å². The van der Waals surface area contributed by atoms with Crippen molar-refractivity contribution in [2.45, 2.75) is 43.4 Å². The Morgan fingerprint density at radius 3 is 2.90 bits per heavy atom. The summed E-state index contributed by atoms with van der Waals surface area (Å²) in [7, 11) is -1.34. The summed E-state index contributed by atoms with van der Waals surface area (Å²) in [5.41, 5.74) is 2.76. The average molecular weight is 415 g/mol. The molecule has 1 aliphatic heterocycles. The third-order valence-electron chi connectivity index (χ3n) is 4.66. The summed E-state index contributed by atoms with van der Waals surface area (Å²) in [5, 5.41) is 5.75. The van der Waals surface area contributed by atoms with Gasteiger partial charge in [-0.3, -0.25) is 14.6 Å². The molecule has 29 heavy (non-hydrogen) atoms. The van der Waals surface area contributed by atoms with E-state index in [1.165, 1.54) is 0 Å². The first-order valence-corrected chi connectivity index (χ1v) is 11.0. The molecule has 1 aliphatic rings. The Morgan fingerprint density at radius 2 is 2.07 bits per heavy atom. The number of hydrogen-bond donors (Lipinski definition) is 3. The molecule has 0 spiro atoms. The number of benzene rings is 1. The average Bonchev–Trinajstić information content (AvgIpc) is 2.91. The maximum absolute atomic E-state index is 12.5. The lowest BCUT2D eigenvalue weighted by atomic mass is 10.1. The van der Waals surface area contributed by atoms with Crippen molar-refractivity contribution < 1.29 is 13.8 Å². The van der Waals surface area contributed by atoms with Crippen LogP contribution >= 0.6 is 0 Å². The summed E-state index contributed by atoms with van der Waals surface area (Å²) in [6.07, 6.45) is 5.51. The number of amides is 2. The van der Waals surface area contributed by atoms with Crippen LogP contribution in [-0.2, 0) is 33.4 Å². The number of fused-ring (bicyclic) bond motifs is 1. The summed E-state index contributed by atoms with van der Waals surface area (Å²) in [6.45, 7) is 1.04. The molecule has 2 amide bonds. The van der Waals surface area contributed by atoms with Crippen molar-refractivity contribution in [3.05, 3.63) is 53.9 Å². The number of hydrogen-bond acceptors (Lipinski definition) is 4. The van der Waals surface area contributed by atoms with Gasteiger partial charge in [0.05, 0.1) is 4.90 Å². The third-order valence-corrected chi connectivity index (χ3v) is 5.81. The van der Waals surface area contributed by atoms with Crippen LogP contribution in [0, 0.1) is 0 Å². The van der Waals surface area contributed by atoms with Gasteiger partial charge in [-0.25, -0.2) is 8.93 Å². The zero-order valence-electron chi connectivity index (χ0n) is 16.3. The number of aromatic nitrogens is 1. The van der Waals surface area contributed by atoms with Gasteiger partial charge in [0.15, 0.2) is 0 Å². The predicted molar refractivity (Wildman–Crippen MR) is 113 cm³/mol. The molecule has 3 N–H and O–H groups in total. The van der Waals surface area contributed by atoms with Crippen molar-refractivity contribution in [2.24, 2.45) is 0 Å². The van der Waals surface area contributed by atoms with Gasteiger partial charge in [-0.1, -0.05) is 6.07 Å². The fourth-order valence-corrected chi connectivity index (χ4v) is 4.07. The van der Waals surface area contributed by atoms with Gasteiger partial charge >= 0.3 is 0 Å².